The van der Waals surface area contributed by atoms with Crippen molar-refractivity contribution in [1.29, 1.82) is 0 Å². The Morgan fingerprint density at radius 2 is 2.10 bits per heavy atom. The maximum Gasteiger partial charge on any atom is 0.261 e. The second-order valence-corrected chi connectivity index (χ2v) is 7.83. The predicted octanol–water partition coefficient (Wildman–Crippen LogP) is 4.23. The monoisotopic (exact) mass is 367 g/mol. The van der Waals surface area contributed by atoms with Gasteiger partial charge in [-0.3, -0.25) is 4.79 Å². The van der Waals surface area contributed by atoms with Gasteiger partial charge in [-0.2, -0.15) is 11.8 Å². The minimum atomic E-state index is 0.0392. The summed E-state index contributed by atoms with van der Waals surface area (Å²) in [5.74, 6) is 2.26. The molecular formula is C15H14BrNOS2. The van der Waals surface area contributed by atoms with E-state index in [2.05, 4.69) is 27.3 Å². The van der Waals surface area contributed by atoms with Gasteiger partial charge in [0.15, 0.2) is 0 Å². The summed E-state index contributed by atoms with van der Waals surface area (Å²) in [4.78, 5) is 14.4. The van der Waals surface area contributed by atoms with E-state index in [9.17, 15) is 4.79 Å². The smallest absolute Gasteiger partial charge is 0.261 e. The topological polar surface area (TPSA) is 29.1 Å². The highest BCUT2D eigenvalue weighted by atomic mass is 79.9. The third kappa shape index (κ3) is 3.27. The molecule has 1 N–H and O–H groups in total. The Labute approximate surface area is 135 Å². The number of fused-ring (bicyclic) bond motifs is 1. The van der Waals surface area contributed by atoms with Crippen molar-refractivity contribution < 1.29 is 4.79 Å². The number of carbonyl (C=O) groups excluding carboxylic acids is 1. The van der Waals surface area contributed by atoms with E-state index in [0.717, 1.165) is 27.1 Å². The molecule has 20 heavy (non-hydrogen) atoms. The summed E-state index contributed by atoms with van der Waals surface area (Å²) in [5, 5.41) is 2.99. The molecule has 1 aromatic heterocycles. The van der Waals surface area contributed by atoms with E-state index < -0.39 is 0 Å². The maximum absolute atomic E-state index is 12.2. The maximum atomic E-state index is 12.2. The van der Waals surface area contributed by atoms with Crippen molar-refractivity contribution >= 4 is 44.9 Å². The SMILES string of the molecule is O=C(NCc1ccc(Br)cc1)c1cc2c(s1)CCSC2. The highest BCUT2D eigenvalue weighted by molar-refractivity contribution is 9.10. The van der Waals surface area contributed by atoms with E-state index in [1.54, 1.807) is 11.3 Å². The van der Waals surface area contributed by atoms with Crippen LogP contribution in [-0.4, -0.2) is 11.7 Å². The number of thioether (sulfide) groups is 1. The van der Waals surface area contributed by atoms with Crippen LogP contribution in [-0.2, 0) is 18.7 Å². The van der Waals surface area contributed by atoms with E-state index in [1.807, 2.05) is 36.0 Å². The molecule has 1 amide bonds. The van der Waals surface area contributed by atoms with Crippen molar-refractivity contribution in [3.63, 3.8) is 0 Å². The molecule has 2 aromatic rings. The van der Waals surface area contributed by atoms with Gasteiger partial charge in [0.25, 0.3) is 5.91 Å². The molecule has 104 valence electrons. The molecule has 0 bridgehead atoms. The number of aryl methyl sites for hydroxylation is 1. The molecule has 0 aliphatic carbocycles. The summed E-state index contributed by atoms with van der Waals surface area (Å²) in [5.41, 5.74) is 2.46. The van der Waals surface area contributed by atoms with Crippen molar-refractivity contribution in [1.82, 2.24) is 5.32 Å². The summed E-state index contributed by atoms with van der Waals surface area (Å²) in [6, 6.07) is 10.1. The second kappa shape index (κ2) is 6.33. The fourth-order valence-corrected chi connectivity index (χ4v) is 4.68. The molecule has 0 saturated carbocycles. The molecular weight excluding hydrogens is 354 g/mol. The highest BCUT2D eigenvalue weighted by Crippen LogP contribution is 2.31. The lowest BCUT2D eigenvalue weighted by Gasteiger charge is -2.08. The molecule has 2 nitrogen and oxygen atoms in total. The van der Waals surface area contributed by atoms with Gasteiger partial charge in [-0.25, -0.2) is 0 Å². The molecule has 0 unspecified atom stereocenters. The van der Waals surface area contributed by atoms with E-state index in [4.69, 9.17) is 0 Å². The van der Waals surface area contributed by atoms with Crippen molar-refractivity contribution in [3.05, 3.63) is 55.7 Å². The van der Waals surface area contributed by atoms with Gasteiger partial charge in [0.05, 0.1) is 4.88 Å². The lowest BCUT2D eigenvalue weighted by Crippen LogP contribution is -2.21. The van der Waals surface area contributed by atoms with Crippen LogP contribution in [0.4, 0.5) is 0 Å². The zero-order valence-corrected chi connectivity index (χ0v) is 14.0. The quantitative estimate of drug-likeness (QED) is 0.879. The Morgan fingerprint density at radius 3 is 2.85 bits per heavy atom. The summed E-state index contributed by atoms with van der Waals surface area (Å²) in [6.45, 7) is 0.573. The van der Waals surface area contributed by atoms with Crippen LogP contribution >= 0.6 is 39.0 Å². The number of benzene rings is 1. The van der Waals surface area contributed by atoms with E-state index in [0.29, 0.717) is 6.54 Å². The number of hydrogen-bond acceptors (Lipinski definition) is 3. The first kappa shape index (κ1) is 14.2. The number of amides is 1. The summed E-state index contributed by atoms with van der Waals surface area (Å²) >= 11 is 7.00. The third-order valence-electron chi connectivity index (χ3n) is 3.22. The minimum absolute atomic E-state index is 0.0392. The molecule has 1 aliphatic rings. The van der Waals surface area contributed by atoms with Crippen LogP contribution in [0.15, 0.2) is 34.8 Å². The van der Waals surface area contributed by atoms with Gasteiger partial charge in [0.1, 0.15) is 0 Å². The average Bonchev–Trinajstić information content (AvgIpc) is 2.90. The van der Waals surface area contributed by atoms with Crippen LogP contribution in [0, 0.1) is 0 Å². The molecule has 0 fully saturated rings. The van der Waals surface area contributed by atoms with Crippen LogP contribution in [0.2, 0.25) is 0 Å². The lowest BCUT2D eigenvalue weighted by molar-refractivity contribution is 0.0955. The molecule has 1 aliphatic heterocycles. The van der Waals surface area contributed by atoms with Gasteiger partial charge in [0.2, 0.25) is 0 Å². The summed E-state index contributed by atoms with van der Waals surface area (Å²) in [7, 11) is 0. The second-order valence-electron chi connectivity index (χ2n) is 4.67. The Morgan fingerprint density at radius 1 is 1.30 bits per heavy atom. The summed E-state index contributed by atoms with van der Waals surface area (Å²) < 4.78 is 1.05. The Balaban J connectivity index is 1.64. The molecule has 0 saturated heterocycles. The number of rotatable bonds is 3. The largest absolute Gasteiger partial charge is 0.347 e. The van der Waals surface area contributed by atoms with Crippen LogP contribution in [0.3, 0.4) is 0 Å². The number of thiophene rings is 1. The highest BCUT2D eigenvalue weighted by Gasteiger charge is 2.17. The van der Waals surface area contributed by atoms with E-state index >= 15 is 0 Å². The predicted molar refractivity (Wildman–Crippen MR) is 89.5 cm³/mol. The van der Waals surface area contributed by atoms with Gasteiger partial charge in [-0.1, -0.05) is 28.1 Å². The third-order valence-corrected chi connectivity index (χ3v) is 5.99. The number of hydrogen-bond donors (Lipinski definition) is 1. The number of nitrogens with one attached hydrogen (secondary N) is 1. The Kier molecular flexibility index (Phi) is 4.48. The fraction of sp³-hybridized carbons (Fsp3) is 0.267. The van der Waals surface area contributed by atoms with Gasteiger partial charge < -0.3 is 5.32 Å². The average molecular weight is 368 g/mol. The van der Waals surface area contributed by atoms with Crippen LogP contribution in [0.1, 0.15) is 25.7 Å². The minimum Gasteiger partial charge on any atom is -0.347 e. The van der Waals surface area contributed by atoms with Gasteiger partial charge in [0, 0.05) is 21.6 Å². The van der Waals surface area contributed by atoms with Crippen molar-refractivity contribution in [2.24, 2.45) is 0 Å². The first-order valence-corrected chi connectivity index (χ1v) is 9.21. The van der Waals surface area contributed by atoms with Crippen molar-refractivity contribution in [3.8, 4) is 0 Å². The van der Waals surface area contributed by atoms with Gasteiger partial charge in [-0.05, 0) is 41.5 Å². The molecule has 5 heteroatoms. The Bertz CT molecular complexity index is 598. The molecule has 0 radical (unpaired) electrons. The summed E-state index contributed by atoms with van der Waals surface area (Å²) in [6.07, 6.45) is 1.10. The lowest BCUT2D eigenvalue weighted by atomic mass is 10.2. The van der Waals surface area contributed by atoms with Crippen molar-refractivity contribution in [2.45, 2.75) is 18.7 Å². The van der Waals surface area contributed by atoms with Crippen LogP contribution in [0.5, 0.6) is 0 Å². The van der Waals surface area contributed by atoms with E-state index in [1.165, 1.54) is 16.2 Å². The van der Waals surface area contributed by atoms with Gasteiger partial charge in [-0.15, -0.1) is 11.3 Å². The fourth-order valence-electron chi connectivity index (χ4n) is 2.13. The standard InChI is InChI=1S/C15H14BrNOS2/c16-12-3-1-10(2-4-12)8-17-15(18)14-7-11-9-19-6-5-13(11)20-14/h1-4,7H,5-6,8-9H2,(H,17,18). The first-order chi connectivity index (χ1) is 9.72. The zero-order chi connectivity index (χ0) is 13.9. The molecule has 1 aromatic carbocycles. The van der Waals surface area contributed by atoms with Gasteiger partial charge >= 0.3 is 0 Å². The number of halogens is 1. The van der Waals surface area contributed by atoms with Crippen molar-refractivity contribution in [2.75, 3.05) is 5.75 Å². The molecule has 3 rings (SSSR count). The first-order valence-electron chi connectivity index (χ1n) is 6.44. The molecule has 0 atom stereocenters. The molecule has 2 heterocycles. The molecule has 0 spiro atoms. The van der Waals surface area contributed by atoms with Crippen LogP contribution < -0.4 is 5.32 Å². The van der Waals surface area contributed by atoms with Crippen LogP contribution in [0.25, 0.3) is 0 Å². The Hall–Kier alpha value is -0.780. The zero-order valence-electron chi connectivity index (χ0n) is 10.8. The normalized spacial score (nSPS) is 13.8. The number of carbonyl (C=O) groups is 1. The van der Waals surface area contributed by atoms with E-state index in [-0.39, 0.29) is 5.91 Å².